The summed E-state index contributed by atoms with van der Waals surface area (Å²) in [6.45, 7) is 0.155. The van der Waals surface area contributed by atoms with Gasteiger partial charge in [-0.2, -0.15) is 4.98 Å². The zero-order chi connectivity index (χ0) is 40.9. The number of carbonyl (C=O) groups excluding carboxylic acids is 3. The number of aliphatic hydroxyl groups is 1. The molecule has 0 fully saturated rings. The zero-order valence-electron chi connectivity index (χ0n) is 32.9. The molecule has 4 aromatic rings. The Kier molecular flexibility index (Phi) is 7.55. The minimum Gasteiger partial charge on any atom is -0.456 e. The molecule has 0 spiro atoms. The molecule has 11 nitrogen and oxygen atoms in total. The number of nitrogens with one attached hydrogen (secondary N) is 1. The largest absolute Gasteiger partial charge is 0.456 e. The molecular formula is C34H38F3N5O6. The van der Waals surface area contributed by atoms with Crippen LogP contribution < -0.4 is 11.1 Å². The molecule has 2 aromatic heterocycles. The fourth-order valence-corrected chi connectivity index (χ4v) is 4.63. The van der Waals surface area contributed by atoms with Gasteiger partial charge in [-0.15, -0.1) is 5.10 Å². The van der Waals surface area contributed by atoms with Crippen LogP contribution in [-0.4, -0.2) is 61.5 Å². The number of esters is 2. The second-order valence-corrected chi connectivity index (χ2v) is 12.8. The van der Waals surface area contributed by atoms with Crippen molar-refractivity contribution >= 4 is 29.4 Å². The summed E-state index contributed by atoms with van der Waals surface area (Å²) in [4.78, 5) is 46.1. The molecule has 256 valence electrons. The number of pyridine rings is 1. The maximum Gasteiger partial charge on any atom is 0.340 e. The normalized spacial score (nSPS) is 16.3. The number of amides is 1. The van der Waals surface area contributed by atoms with Crippen molar-refractivity contribution in [1.82, 2.24) is 19.9 Å². The highest BCUT2D eigenvalue weighted by atomic mass is 19.1. The van der Waals surface area contributed by atoms with E-state index in [1.807, 2.05) is 5.32 Å². The Morgan fingerprint density at radius 3 is 2.17 bits per heavy atom. The summed E-state index contributed by atoms with van der Waals surface area (Å²) < 4.78 is 108. The van der Waals surface area contributed by atoms with Gasteiger partial charge in [-0.1, -0.05) is 12.1 Å². The number of halogens is 3. The first-order chi connectivity index (χ1) is 24.6. The first-order valence-corrected chi connectivity index (χ1v) is 14.5. The van der Waals surface area contributed by atoms with E-state index in [4.69, 9.17) is 23.4 Å². The topological polar surface area (TPSA) is 158 Å². The van der Waals surface area contributed by atoms with Crippen LogP contribution >= 0.6 is 0 Å². The van der Waals surface area contributed by atoms with Crippen LogP contribution in [0.2, 0.25) is 0 Å². The third kappa shape index (κ3) is 7.59. The number of nitrogens with zero attached hydrogens (tertiary/aromatic N) is 3. The highest BCUT2D eigenvalue weighted by Crippen LogP contribution is 2.37. The van der Waals surface area contributed by atoms with Crippen molar-refractivity contribution in [3.8, 4) is 11.1 Å². The highest BCUT2D eigenvalue weighted by molar-refractivity contribution is 6.12. The highest BCUT2D eigenvalue weighted by Gasteiger charge is 2.38. The Morgan fingerprint density at radius 2 is 1.60 bits per heavy atom. The molecule has 1 amide bonds. The predicted molar refractivity (Wildman–Crippen MR) is 171 cm³/mol. The van der Waals surface area contributed by atoms with E-state index in [1.54, 1.807) is 0 Å². The number of benzene rings is 2. The molecule has 0 bridgehead atoms. The average molecular weight is 676 g/mol. The van der Waals surface area contributed by atoms with Crippen LogP contribution in [-0.2, 0) is 15.1 Å². The summed E-state index contributed by atoms with van der Waals surface area (Å²) in [6, 6.07) is 5.54. The number of rotatable bonds is 8. The molecule has 2 heterocycles. The Hall–Kier alpha value is -4.98. The van der Waals surface area contributed by atoms with Crippen LogP contribution in [0.4, 0.5) is 19.1 Å². The van der Waals surface area contributed by atoms with Crippen LogP contribution in [0.15, 0.2) is 42.6 Å². The Morgan fingerprint density at radius 1 is 1.00 bits per heavy atom. The van der Waals surface area contributed by atoms with Gasteiger partial charge in [0.1, 0.15) is 34.6 Å². The first-order valence-electron chi connectivity index (χ1n) is 17.5. The second-order valence-electron chi connectivity index (χ2n) is 12.8. The fourth-order valence-electron chi connectivity index (χ4n) is 4.63. The lowest BCUT2D eigenvalue weighted by Gasteiger charge is -2.28. The quantitative estimate of drug-likeness (QED) is 0.207. The van der Waals surface area contributed by atoms with Gasteiger partial charge in [-0.05, 0) is 96.2 Å². The molecule has 0 radical (unpaired) electrons. The third-order valence-corrected chi connectivity index (χ3v) is 6.69. The van der Waals surface area contributed by atoms with Gasteiger partial charge in [0.15, 0.2) is 5.65 Å². The van der Waals surface area contributed by atoms with Gasteiger partial charge in [-0.25, -0.2) is 27.3 Å². The van der Waals surface area contributed by atoms with E-state index in [9.17, 15) is 23.9 Å². The summed E-state index contributed by atoms with van der Waals surface area (Å²) >= 11 is 0. The number of fused-ring (bicyclic) bond motifs is 1. The van der Waals surface area contributed by atoms with Gasteiger partial charge in [0, 0.05) is 20.0 Å². The fraction of sp³-hybridized carbons (Fsp3) is 0.382. The molecule has 4 rings (SSSR count). The number of anilines is 1. The second kappa shape index (κ2) is 12.9. The number of hydrogen-bond donors (Lipinski definition) is 3. The maximum absolute atomic E-state index is 17.3. The molecule has 0 saturated carbocycles. The van der Waals surface area contributed by atoms with Gasteiger partial charge in [0.25, 0.3) is 5.91 Å². The minimum atomic E-state index is -3.57. The van der Waals surface area contributed by atoms with E-state index in [1.165, 1.54) is 64.4 Å². The minimum absolute atomic E-state index is 0.00530. The standard InChI is InChI=1S/C34H38F3N5O6/c1-17-23(29(44)47-32(2,3)4)26(30(45)48-33(5,6)7)25(18-13-14-42-22(15-18)40-31(38)41-42)27(37)24(17)28(43)39-16-21(36)34(8,46)19-9-11-20(35)12-10-19/h9-15,21,46H,16H2,1-8H3,(H2,38,41)(H,39,43)/i1D3,8D3. The average Bonchev–Trinajstić information content (AvgIpc) is 3.39. The SMILES string of the molecule is [2H]C([2H])([2H])c1c(C(=O)NCC(F)C(O)(c2ccc(F)cc2)C([2H])([2H])[2H])c(F)c(-c2ccn3nc(N)nc3c2)c(C(=O)OC(C)(C)C)c1C(=O)OC(C)(C)C. The molecular weight excluding hydrogens is 631 g/mol. The lowest BCUT2D eigenvalue weighted by atomic mass is 9.87. The number of nitrogen functional groups attached to an aromatic ring is 1. The van der Waals surface area contributed by atoms with Crippen molar-refractivity contribution in [2.24, 2.45) is 0 Å². The van der Waals surface area contributed by atoms with Gasteiger partial charge < -0.3 is 25.6 Å². The van der Waals surface area contributed by atoms with E-state index >= 15 is 8.78 Å². The molecule has 0 aliphatic heterocycles. The van der Waals surface area contributed by atoms with Crippen molar-refractivity contribution in [2.75, 3.05) is 12.3 Å². The molecule has 2 unspecified atom stereocenters. The van der Waals surface area contributed by atoms with Crippen molar-refractivity contribution in [2.45, 2.75) is 78.2 Å². The van der Waals surface area contributed by atoms with Crippen LogP contribution in [0, 0.1) is 18.5 Å². The van der Waals surface area contributed by atoms with Gasteiger partial charge in [0.2, 0.25) is 5.95 Å². The van der Waals surface area contributed by atoms with E-state index in [0.717, 1.165) is 24.3 Å². The lowest BCUT2D eigenvalue weighted by Crippen LogP contribution is -2.42. The number of carbonyl (C=O) groups is 3. The smallest absolute Gasteiger partial charge is 0.340 e. The van der Waals surface area contributed by atoms with Crippen LogP contribution in [0.25, 0.3) is 16.8 Å². The first kappa shape index (κ1) is 28.1. The monoisotopic (exact) mass is 675 g/mol. The number of nitrogens with two attached hydrogens (primary N) is 1. The third-order valence-electron chi connectivity index (χ3n) is 6.69. The predicted octanol–water partition coefficient (Wildman–Crippen LogP) is 5.45. The summed E-state index contributed by atoms with van der Waals surface area (Å²) in [5.74, 6) is -7.28. The zero-order valence-corrected chi connectivity index (χ0v) is 26.9. The summed E-state index contributed by atoms with van der Waals surface area (Å²) in [5, 5.41) is 17.0. The summed E-state index contributed by atoms with van der Waals surface area (Å²) in [6.07, 6.45) is -1.65. The number of ether oxygens (including phenoxy) is 2. The number of alkyl halides is 1. The molecule has 0 saturated heterocycles. The Balaban J connectivity index is 2.06. The molecule has 2 aromatic carbocycles. The van der Waals surface area contributed by atoms with Crippen LogP contribution in [0.3, 0.4) is 0 Å². The van der Waals surface area contributed by atoms with Crippen LogP contribution in [0.5, 0.6) is 0 Å². The van der Waals surface area contributed by atoms with Crippen molar-refractivity contribution in [3.05, 3.63) is 82.0 Å². The molecule has 14 heteroatoms. The van der Waals surface area contributed by atoms with E-state index in [2.05, 4.69) is 10.1 Å². The van der Waals surface area contributed by atoms with E-state index in [-0.39, 0.29) is 17.2 Å². The summed E-state index contributed by atoms with van der Waals surface area (Å²) in [5.41, 5.74) is -6.67. The van der Waals surface area contributed by atoms with Crippen molar-refractivity contribution in [3.63, 3.8) is 0 Å². The maximum atomic E-state index is 17.3. The molecule has 0 aliphatic rings. The number of aromatic nitrogens is 3. The lowest BCUT2D eigenvalue weighted by molar-refractivity contribution is -0.0230. The van der Waals surface area contributed by atoms with Crippen molar-refractivity contribution < 1.29 is 50.4 Å². The van der Waals surface area contributed by atoms with Gasteiger partial charge in [0.05, 0.1) is 23.2 Å². The number of hydrogen-bond acceptors (Lipinski definition) is 9. The van der Waals surface area contributed by atoms with Gasteiger partial charge in [-0.3, -0.25) is 4.79 Å². The summed E-state index contributed by atoms with van der Waals surface area (Å²) in [7, 11) is 0. The Labute approximate surface area is 283 Å². The van der Waals surface area contributed by atoms with E-state index < -0.39 is 106 Å². The molecule has 2 atom stereocenters. The van der Waals surface area contributed by atoms with E-state index in [0.29, 0.717) is 0 Å². The van der Waals surface area contributed by atoms with Crippen LogP contribution in [0.1, 0.15) is 98.8 Å². The molecule has 4 N–H and O–H groups in total. The Bertz CT molecular complexity index is 2110. The molecule has 48 heavy (non-hydrogen) atoms. The van der Waals surface area contributed by atoms with Crippen molar-refractivity contribution in [1.29, 1.82) is 0 Å². The van der Waals surface area contributed by atoms with Gasteiger partial charge >= 0.3 is 11.9 Å². The molecule has 0 aliphatic carbocycles.